The molecule has 0 aromatic heterocycles. The first kappa shape index (κ1) is 16.8. The lowest BCUT2D eigenvalue weighted by Gasteiger charge is -2.36. The highest BCUT2D eigenvalue weighted by molar-refractivity contribution is 5.53. The van der Waals surface area contributed by atoms with E-state index in [1.807, 2.05) is 30.3 Å². The van der Waals surface area contributed by atoms with Crippen molar-refractivity contribution in [2.75, 3.05) is 44.2 Å². The van der Waals surface area contributed by atoms with Gasteiger partial charge in [-0.1, -0.05) is 36.4 Å². The molecule has 1 fully saturated rings. The number of nitrogens with zero attached hydrogens (tertiary/aromatic N) is 2. The van der Waals surface area contributed by atoms with Crippen LogP contribution in [0.1, 0.15) is 18.4 Å². The lowest BCUT2D eigenvalue weighted by molar-refractivity contribution is 0.238. The summed E-state index contributed by atoms with van der Waals surface area (Å²) in [5, 5.41) is 0. The molecule has 0 N–H and O–H groups in total. The van der Waals surface area contributed by atoms with Crippen LogP contribution in [0.2, 0.25) is 0 Å². The maximum Gasteiger partial charge on any atom is 0.119 e. The number of anilines is 1. The van der Waals surface area contributed by atoms with E-state index in [0.717, 1.165) is 45.0 Å². The lowest BCUT2D eigenvalue weighted by Crippen LogP contribution is -2.46. The summed E-state index contributed by atoms with van der Waals surface area (Å²) in [6.45, 7) is 8.78. The molecule has 128 valence electrons. The van der Waals surface area contributed by atoms with Crippen LogP contribution in [0.4, 0.5) is 5.69 Å². The zero-order valence-corrected chi connectivity index (χ0v) is 14.7. The molecule has 0 radical (unpaired) electrons. The average Bonchev–Trinajstić information content (AvgIpc) is 2.63. The second-order valence-corrected chi connectivity index (χ2v) is 6.48. The van der Waals surface area contributed by atoms with Gasteiger partial charge >= 0.3 is 0 Å². The van der Waals surface area contributed by atoms with Crippen molar-refractivity contribution in [3.05, 3.63) is 60.2 Å². The minimum absolute atomic E-state index is 0.813. The van der Waals surface area contributed by atoms with Crippen molar-refractivity contribution in [2.45, 2.75) is 19.8 Å². The number of aryl methyl sites for hydroxylation is 1. The Morgan fingerprint density at radius 2 is 1.54 bits per heavy atom. The van der Waals surface area contributed by atoms with Crippen LogP contribution < -0.4 is 9.64 Å². The van der Waals surface area contributed by atoms with Gasteiger partial charge in [-0.15, -0.1) is 0 Å². The van der Waals surface area contributed by atoms with E-state index in [9.17, 15) is 0 Å². The number of piperazine rings is 1. The number of unbranched alkanes of at least 4 members (excludes halogenated alkanes) is 1. The van der Waals surface area contributed by atoms with Crippen LogP contribution >= 0.6 is 0 Å². The molecule has 0 saturated carbocycles. The van der Waals surface area contributed by atoms with E-state index in [4.69, 9.17) is 4.74 Å². The molecule has 0 bridgehead atoms. The van der Waals surface area contributed by atoms with E-state index in [0.29, 0.717) is 0 Å². The highest BCUT2D eigenvalue weighted by atomic mass is 16.5. The van der Waals surface area contributed by atoms with Gasteiger partial charge in [-0.3, -0.25) is 4.90 Å². The van der Waals surface area contributed by atoms with Gasteiger partial charge in [0.05, 0.1) is 6.61 Å². The van der Waals surface area contributed by atoms with Gasteiger partial charge in [-0.2, -0.15) is 0 Å². The normalized spacial score (nSPS) is 15.5. The SMILES string of the molecule is Cc1ccccc1N1CCN(CCCCOc2ccccc2)CC1. The highest BCUT2D eigenvalue weighted by Crippen LogP contribution is 2.20. The van der Waals surface area contributed by atoms with Gasteiger partial charge in [-0.25, -0.2) is 0 Å². The van der Waals surface area contributed by atoms with E-state index in [1.54, 1.807) is 0 Å². The quantitative estimate of drug-likeness (QED) is 0.717. The number of ether oxygens (including phenoxy) is 1. The standard InChI is InChI=1S/C21H28N2O/c1-19-9-5-6-12-21(19)23-16-14-22(15-17-23)13-7-8-18-24-20-10-3-2-4-11-20/h2-6,9-12H,7-8,13-18H2,1H3. The molecular weight excluding hydrogens is 296 g/mol. The second-order valence-electron chi connectivity index (χ2n) is 6.48. The van der Waals surface area contributed by atoms with Gasteiger partial charge in [0.2, 0.25) is 0 Å². The third kappa shape index (κ3) is 4.75. The van der Waals surface area contributed by atoms with Crippen LogP contribution in [-0.2, 0) is 0 Å². The summed E-state index contributed by atoms with van der Waals surface area (Å²) in [6.07, 6.45) is 2.32. The average molecular weight is 324 g/mol. The fraction of sp³-hybridized carbons (Fsp3) is 0.429. The Morgan fingerprint density at radius 1 is 0.833 bits per heavy atom. The van der Waals surface area contributed by atoms with Crippen molar-refractivity contribution in [1.29, 1.82) is 0 Å². The van der Waals surface area contributed by atoms with Gasteiger partial charge in [0.1, 0.15) is 5.75 Å². The highest BCUT2D eigenvalue weighted by Gasteiger charge is 2.17. The maximum atomic E-state index is 5.76. The molecule has 0 amide bonds. The minimum Gasteiger partial charge on any atom is -0.494 e. The Kier molecular flexibility index (Phi) is 6.13. The molecule has 3 rings (SSSR count). The molecule has 0 spiro atoms. The van der Waals surface area contributed by atoms with Crippen molar-refractivity contribution in [1.82, 2.24) is 4.90 Å². The van der Waals surface area contributed by atoms with Gasteiger partial charge < -0.3 is 9.64 Å². The largest absolute Gasteiger partial charge is 0.494 e. The molecule has 2 aromatic carbocycles. The van der Waals surface area contributed by atoms with Crippen LogP contribution in [0.5, 0.6) is 5.75 Å². The fourth-order valence-corrected chi connectivity index (χ4v) is 3.27. The first-order valence-electron chi connectivity index (χ1n) is 9.04. The van der Waals surface area contributed by atoms with E-state index < -0.39 is 0 Å². The van der Waals surface area contributed by atoms with E-state index in [-0.39, 0.29) is 0 Å². The second kappa shape index (κ2) is 8.74. The third-order valence-electron chi connectivity index (χ3n) is 4.71. The predicted molar refractivity (Wildman–Crippen MR) is 101 cm³/mol. The van der Waals surface area contributed by atoms with Crippen molar-refractivity contribution < 1.29 is 4.74 Å². The topological polar surface area (TPSA) is 15.7 Å². The molecule has 0 aliphatic carbocycles. The summed E-state index contributed by atoms with van der Waals surface area (Å²) in [7, 11) is 0. The Balaban J connectivity index is 1.32. The van der Waals surface area contributed by atoms with Crippen molar-refractivity contribution >= 4 is 5.69 Å². The smallest absolute Gasteiger partial charge is 0.119 e. The van der Waals surface area contributed by atoms with E-state index in [2.05, 4.69) is 41.0 Å². The molecule has 1 saturated heterocycles. The zero-order chi connectivity index (χ0) is 16.6. The van der Waals surface area contributed by atoms with Crippen molar-refractivity contribution in [3.63, 3.8) is 0 Å². The Morgan fingerprint density at radius 3 is 2.29 bits per heavy atom. The summed E-state index contributed by atoms with van der Waals surface area (Å²) in [5.74, 6) is 0.976. The summed E-state index contributed by atoms with van der Waals surface area (Å²) >= 11 is 0. The molecule has 0 atom stereocenters. The van der Waals surface area contributed by atoms with E-state index >= 15 is 0 Å². The predicted octanol–water partition coefficient (Wildman–Crippen LogP) is 3.98. The van der Waals surface area contributed by atoms with Gasteiger partial charge in [0.15, 0.2) is 0 Å². The van der Waals surface area contributed by atoms with E-state index in [1.165, 1.54) is 24.2 Å². The van der Waals surface area contributed by atoms with Gasteiger partial charge in [0.25, 0.3) is 0 Å². The molecule has 1 aliphatic heterocycles. The summed E-state index contributed by atoms with van der Waals surface area (Å²) in [4.78, 5) is 5.10. The first-order valence-corrected chi connectivity index (χ1v) is 9.04. The minimum atomic E-state index is 0.813. The molecule has 0 unspecified atom stereocenters. The van der Waals surface area contributed by atoms with Crippen LogP contribution in [0.25, 0.3) is 0 Å². The summed E-state index contributed by atoms with van der Waals surface area (Å²) < 4.78 is 5.76. The van der Waals surface area contributed by atoms with Crippen LogP contribution in [0.3, 0.4) is 0 Å². The van der Waals surface area contributed by atoms with Crippen LogP contribution in [0, 0.1) is 6.92 Å². The number of hydrogen-bond donors (Lipinski definition) is 0. The number of hydrogen-bond acceptors (Lipinski definition) is 3. The molecule has 1 heterocycles. The van der Waals surface area contributed by atoms with Gasteiger partial charge in [-0.05, 0) is 50.1 Å². The van der Waals surface area contributed by atoms with Crippen LogP contribution in [-0.4, -0.2) is 44.2 Å². The summed E-state index contributed by atoms with van der Waals surface area (Å²) in [5.41, 5.74) is 2.78. The number of benzene rings is 2. The Hall–Kier alpha value is -2.00. The monoisotopic (exact) mass is 324 g/mol. The number of para-hydroxylation sites is 2. The Labute approximate surface area is 145 Å². The third-order valence-corrected chi connectivity index (χ3v) is 4.71. The lowest BCUT2D eigenvalue weighted by atomic mass is 10.1. The van der Waals surface area contributed by atoms with Crippen molar-refractivity contribution in [2.24, 2.45) is 0 Å². The van der Waals surface area contributed by atoms with Crippen molar-refractivity contribution in [3.8, 4) is 5.75 Å². The summed E-state index contributed by atoms with van der Waals surface area (Å²) in [6, 6.07) is 18.8. The number of rotatable bonds is 7. The molecular formula is C21H28N2O. The maximum absolute atomic E-state index is 5.76. The molecule has 1 aliphatic rings. The van der Waals surface area contributed by atoms with Gasteiger partial charge in [0, 0.05) is 31.9 Å². The molecule has 24 heavy (non-hydrogen) atoms. The molecule has 2 aromatic rings. The fourth-order valence-electron chi connectivity index (χ4n) is 3.27. The molecule has 3 heteroatoms. The zero-order valence-electron chi connectivity index (χ0n) is 14.7. The molecule has 3 nitrogen and oxygen atoms in total. The first-order chi connectivity index (χ1) is 11.8. The van der Waals surface area contributed by atoms with Crippen LogP contribution in [0.15, 0.2) is 54.6 Å². The Bertz CT molecular complexity index is 606.